The summed E-state index contributed by atoms with van der Waals surface area (Å²) in [4.78, 5) is 32.4. The molecule has 2 aromatic heterocycles. The van der Waals surface area contributed by atoms with E-state index in [9.17, 15) is 9.59 Å². The first kappa shape index (κ1) is 22.0. The Balaban J connectivity index is 1.23. The number of nitrogens with zero attached hydrogens (tertiary/aromatic N) is 4. The van der Waals surface area contributed by atoms with Crippen molar-refractivity contribution < 1.29 is 9.59 Å². The number of fused-ring (bicyclic) bond motifs is 1. The Morgan fingerprint density at radius 2 is 1.91 bits per heavy atom. The number of nitrogens with one attached hydrogen (secondary N) is 4. The molecule has 2 aromatic carbocycles. The summed E-state index contributed by atoms with van der Waals surface area (Å²) in [6.45, 7) is 1.96. The molecule has 0 saturated carbocycles. The van der Waals surface area contributed by atoms with Gasteiger partial charge in [0.1, 0.15) is 0 Å². The third-order valence-electron chi connectivity index (χ3n) is 5.53. The average molecular weight is 467 g/mol. The van der Waals surface area contributed by atoms with Gasteiger partial charge in [0.2, 0.25) is 5.91 Å². The molecule has 35 heavy (non-hydrogen) atoms. The van der Waals surface area contributed by atoms with Gasteiger partial charge in [-0.1, -0.05) is 19.1 Å². The third kappa shape index (κ3) is 5.06. The number of aliphatic imine (C=N–C) groups is 1. The summed E-state index contributed by atoms with van der Waals surface area (Å²) < 4.78 is 0. The maximum atomic E-state index is 12.5. The fourth-order valence-corrected chi connectivity index (χ4v) is 3.80. The topological polar surface area (TPSA) is 137 Å². The lowest BCUT2D eigenvalue weighted by molar-refractivity contribution is -0.121. The molecule has 0 aliphatic carbocycles. The predicted octanol–water partition coefficient (Wildman–Crippen LogP) is 4.21. The minimum atomic E-state index is -0.373. The van der Waals surface area contributed by atoms with Gasteiger partial charge in [-0.15, -0.1) is 0 Å². The lowest BCUT2D eigenvalue weighted by atomic mass is 9.94. The lowest BCUT2D eigenvalue weighted by Gasteiger charge is -2.19. The molecule has 0 bridgehead atoms. The lowest BCUT2D eigenvalue weighted by Crippen LogP contribution is -2.31. The fourth-order valence-electron chi connectivity index (χ4n) is 3.80. The van der Waals surface area contributed by atoms with Crippen LogP contribution in [-0.4, -0.2) is 39.0 Å². The van der Waals surface area contributed by atoms with E-state index in [1.807, 2.05) is 37.3 Å². The number of hydrazone groups is 1. The number of aromatic amines is 1. The van der Waals surface area contributed by atoms with E-state index in [0.717, 1.165) is 28.0 Å². The van der Waals surface area contributed by atoms with E-state index >= 15 is 0 Å². The summed E-state index contributed by atoms with van der Waals surface area (Å²) in [7, 11) is 0. The Labute approximate surface area is 200 Å². The number of hydrogen-bond donors (Lipinski definition) is 4. The second-order valence-electron chi connectivity index (χ2n) is 8.13. The zero-order chi connectivity index (χ0) is 24.2. The maximum Gasteiger partial charge on any atom is 0.323 e. The summed E-state index contributed by atoms with van der Waals surface area (Å²) in [5, 5.41) is 18.0. The van der Waals surface area contributed by atoms with Crippen molar-refractivity contribution in [3.05, 3.63) is 78.2 Å². The maximum absolute atomic E-state index is 12.5. The van der Waals surface area contributed by atoms with E-state index in [-0.39, 0.29) is 17.9 Å². The summed E-state index contributed by atoms with van der Waals surface area (Å²) in [5.41, 5.74) is 7.68. The molecule has 4 N–H and O–H groups in total. The van der Waals surface area contributed by atoms with Crippen molar-refractivity contribution in [2.75, 3.05) is 10.6 Å². The smallest absolute Gasteiger partial charge is 0.308 e. The Kier molecular flexibility index (Phi) is 6.00. The third-order valence-corrected chi connectivity index (χ3v) is 5.53. The molecule has 0 spiro atoms. The second kappa shape index (κ2) is 9.56. The van der Waals surface area contributed by atoms with Crippen LogP contribution in [-0.2, 0) is 4.79 Å². The van der Waals surface area contributed by atoms with Crippen LogP contribution in [0.5, 0.6) is 0 Å². The van der Waals surface area contributed by atoms with E-state index in [2.05, 4.69) is 41.3 Å². The number of H-pyrrole nitrogens is 1. The van der Waals surface area contributed by atoms with Crippen LogP contribution in [0.4, 0.5) is 21.9 Å². The van der Waals surface area contributed by atoms with Crippen LogP contribution < -0.4 is 16.1 Å². The van der Waals surface area contributed by atoms with Gasteiger partial charge < -0.3 is 10.6 Å². The molecule has 10 nitrogen and oxygen atoms in total. The predicted molar refractivity (Wildman–Crippen MR) is 135 cm³/mol. The van der Waals surface area contributed by atoms with Crippen LogP contribution in [0.2, 0.25) is 0 Å². The largest absolute Gasteiger partial charge is 0.323 e. The number of amides is 3. The van der Waals surface area contributed by atoms with E-state index in [0.29, 0.717) is 23.3 Å². The molecule has 3 amide bonds. The first-order valence-electron chi connectivity index (χ1n) is 11.0. The Morgan fingerprint density at radius 1 is 1.11 bits per heavy atom. The number of anilines is 2. The first-order valence-corrected chi connectivity index (χ1v) is 11.0. The zero-order valence-corrected chi connectivity index (χ0v) is 18.8. The monoisotopic (exact) mass is 466 g/mol. The zero-order valence-electron chi connectivity index (χ0n) is 18.8. The van der Waals surface area contributed by atoms with Crippen molar-refractivity contribution in [1.82, 2.24) is 20.6 Å². The molecule has 1 atom stereocenters. The SMILES string of the molecule is CC1CC(=O)NN=C1c1ccc(NC(=O)Nc2ccc3c(C=Nc4cccnc4)[nH]nc3c2)cc1. The van der Waals surface area contributed by atoms with Crippen LogP contribution in [0.25, 0.3) is 10.9 Å². The molecule has 5 rings (SSSR count). The van der Waals surface area contributed by atoms with Gasteiger partial charge in [0.15, 0.2) is 0 Å². The van der Waals surface area contributed by atoms with Crippen molar-refractivity contribution in [2.24, 2.45) is 16.0 Å². The van der Waals surface area contributed by atoms with Gasteiger partial charge in [-0.25, -0.2) is 10.2 Å². The fraction of sp³-hybridized carbons (Fsp3) is 0.120. The molecule has 1 aliphatic rings. The van der Waals surface area contributed by atoms with Gasteiger partial charge in [-0.3, -0.25) is 19.9 Å². The van der Waals surface area contributed by atoms with E-state index in [1.165, 1.54) is 0 Å². The number of benzene rings is 2. The number of carbonyl (C=O) groups is 2. The molecule has 0 radical (unpaired) electrons. The van der Waals surface area contributed by atoms with Gasteiger partial charge in [0, 0.05) is 35.3 Å². The second-order valence-corrected chi connectivity index (χ2v) is 8.13. The number of pyridine rings is 1. The molecule has 4 aromatic rings. The van der Waals surface area contributed by atoms with Gasteiger partial charge in [0.05, 0.1) is 35.0 Å². The first-order chi connectivity index (χ1) is 17.0. The number of urea groups is 1. The highest BCUT2D eigenvalue weighted by atomic mass is 16.2. The van der Waals surface area contributed by atoms with Crippen LogP contribution in [0.15, 0.2) is 77.1 Å². The number of carbonyl (C=O) groups excluding carboxylic acids is 2. The molecule has 0 saturated heterocycles. The normalized spacial score (nSPS) is 15.6. The molecule has 0 fully saturated rings. The quantitative estimate of drug-likeness (QED) is 0.327. The molecular formula is C25H22N8O2. The highest BCUT2D eigenvalue weighted by molar-refractivity contribution is 6.06. The number of hydrogen-bond acceptors (Lipinski definition) is 6. The van der Waals surface area contributed by atoms with Crippen molar-refractivity contribution in [3.8, 4) is 0 Å². The average Bonchev–Trinajstić information content (AvgIpc) is 3.26. The van der Waals surface area contributed by atoms with Crippen molar-refractivity contribution in [3.63, 3.8) is 0 Å². The summed E-state index contributed by atoms with van der Waals surface area (Å²) in [6, 6.07) is 16.1. The molecule has 1 aliphatic heterocycles. The van der Waals surface area contributed by atoms with Crippen molar-refractivity contribution in [1.29, 1.82) is 0 Å². The van der Waals surface area contributed by atoms with Crippen LogP contribution >= 0.6 is 0 Å². The highest BCUT2D eigenvalue weighted by Gasteiger charge is 2.21. The minimum Gasteiger partial charge on any atom is -0.308 e. The highest BCUT2D eigenvalue weighted by Crippen LogP contribution is 2.21. The number of rotatable bonds is 5. The van der Waals surface area contributed by atoms with Gasteiger partial charge in [0.25, 0.3) is 0 Å². The van der Waals surface area contributed by atoms with Crippen LogP contribution in [0.3, 0.4) is 0 Å². The number of aromatic nitrogens is 3. The minimum absolute atomic E-state index is 0.0324. The molecule has 174 valence electrons. The summed E-state index contributed by atoms with van der Waals surface area (Å²) in [6.07, 6.45) is 5.47. The Hall–Kier alpha value is -4.86. The van der Waals surface area contributed by atoms with Crippen LogP contribution in [0.1, 0.15) is 24.6 Å². The van der Waals surface area contributed by atoms with Gasteiger partial charge >= 0.3 is 6.03 Å². The van der Waals surface area contributed by atoms with Gasteiger partial charge in [-0.2, -0.15) is 10.2 Å². The molecule has 3 heterocycles. The van der Waals surface area contributed by atoms with Crippen molar-refractivity contribution >= 4 is 51.8 Å². The summed E-state index contributed by atoms with van der Waals surface area (Å²) >= 11 is 0. The van der Waals surface area contributed by atoms with E-state index in [1.54, 1.807) is 42.9 Å². The standard InChI is InChI=1S/C25H22N8O2/c1-15-11-23(34)32-33-24(15)16-4-6-17(7-5-16)28-25(35)29-18-8-9-20-21(12-18)30-31-22(20)14-27-19-3-2-10-26-13-19/h2-10,12-15H,11H2,1H3,(H,30,31)(H,32,34)(H2,28,29,35). The molecular weight excluding hydrogens is 444 g/mol. The van der Waals surface area contributed by atoms with E-state index < -0.39 is 0 Å². The Morgan fingerprint density at radius 3 is 2.69 bits per heavy atom. The molecule has 1 unspecified atom stereocenters. The van der Waals surface area contributed by atoms with E-state index in [4.69, 9.17) is 0 Å². The molecule has 10 heteroatoms. The Bertz CT molecular complexity index is 1440. The van der Waals surface area contributed by atoms with Crippen LogP contribution in [0, 0.1) is 5.92 Å². The van der Waals surface area contributed by atoms with Crippen molar-refractivity contribution in [2.45, 2.75) is 13.3 Å². The summed E-state index contributed by atoms with van der Waals surface area (Å²) in [5.74, 6) is -0.0525. The van der Waals surface area contributed by atoms with Gasteiger partial charge in [-0.05, 0) is 48.0 Å².